The summed E-state index contributed by atoms with van der Waals surface area (Å²) < 4.78 is 0. The zero-order chi connectivity index (χ0) is 14.9. The second-order valence-corrected chi connectivity index (χ2v) is 6.79. The van der Waals surface area contributed by atoms with E-state index in [2.05, 4.69) is 25.3 Å². The maximum Gasteiger partial charge on any atom is 0.271 e. The highest BCUT2D eigenvalue weighted by atomic mass is 32.1. The number of hydrogen-bond acceptors (Lipinski definition) is 5. The van der Waals surface area contributed by atoms with E-state index in [0.29, 0.717) is 18.3 Å². The van der Waals surface area contributed by atoms with Gasteiger partial charge in [0.25, 0.3) is 5.91 Å². The Balaban J connectivity index is 1.36. The molecule has 1 atom stereocenters. The molecule has 6 nitrogen and oxygen atoms in total. The average molecular weight is 317 g/mol. The van der Waals surface area contributed by atoms with Crippen LogP contribution in [0, 0.1) is 0 Å². The van der Waals surface area contributed by atoms with Crippen molar-refractivity contribution in [1.29, 1.82) is 0 Å². The van der Waals surface area contributed by atoms with Gasteiger partial charge in [-0.15, -0.1) is 11.3 Å². The van der Waals surface area contributed by atoms with Gasteiger partial charge in [-0.1, -0.05) is 6.07 Å². The lowest BCUT2D eigenvalue weighted by Gasteiger charge is -2.47. The quantitative estimate of drug-likeness (QED) is 0.878. The van der Waals surface area contributed by atoms with Crippen LogP contribution in [0.15, 0.2) is 23.6 Å². The number of fused-ring (bicyclic) bond motifs is 3. The molecule has 3 aliphatic heterocycles. The highest BCUT2D eigenvalue weighted by Crippen LogP contribution is 2.23. The van der Waals surface area contributed by atoms with E-state index in [0.717, 1.165) is 43.3 Å². The average Bonchev–Trinajstić information content (AvgIpc) is 3.24. The summed E-state index contributed by atoms with van der Waals surface area (Å²) in [5.74, 6) is -0.100. The summed E-state index contributed by atoms with van der Waals surface area (Å²) in [7, 11) is 0. The third-order valence-electron chi connectivity index (χ3n) is 4.49. The van der Waals surface area contributed by atoms with Crippen molar-refractivity contribution >= 4 is 17.2 Å². The van der Waals surface area contributed by atoms with E-state index in [-0.39, 0.29) is 5.91 Å². The number of thiophene rings is 1. The summed E-state index contributed by atoms with van der Waals surface area (Å²) in [6.07, 6.45) is 0. The van der Waals surface area contributed by atoms with E-state index in [4.69, 9.17) is 0 Å². The minimum Gasteiger partial charge on any atom is -0.349 e. The van der Waals surface area contributed by atoms with Crippen LogP contribution in [0.1, 0.15) is 10.5 Å². The molecule has 0 spiro atoms. The molecule has 3 saturated heterocycles. The molecule has 2 N–H and O–H groups in total. The lowest BCUT2D eigenvalue weighted by molar-refractivity contribution is 0.0138. The number of rotatable bonds is 4. The molecule has 3 aliphatic rings. The maximum absolute atomic E-state index is 12.3. The first-order chi connectivity index (χ1) is 10.8. The van der Waals surface area contributed by atoms with Gasteiger partial charge >= 0.3 is 0 Å². The molecule has 0 aromatic carbocycles. The number of aromatic nitrogens is 2. The minimum absolute atomic E-state index is 0.100. The number of H-pyrrole nitrogens is 1. The predicted molar refractivity (Wildman–Crippen MR) is 86.0 cm³/mol. The molecule has 0 aliphatic carbocycles. The van der Waals surface area contributed by atoms with Crippen molar-refractivity contribution in [3.05, 3.63) is 29.3 Å². The molecule has 22 heavy (non-hydrogen) atoms. The van der Waals surface area contributed by atoms with E-state index in [1.165, 1.54) is 0 Å². The largest absolute Gasteiger partial charge is 0.349 e. The van der Waals surface area contributed by atoms with Crippen LogP contribution in [0.5, 0.6) is 0 Å². The standard InChI is InChI=1S/C15H19N5OS/c21-15(13-8-12(17-18-13)14-2-1-7-22-14)16-9-11-10-19-3-5-20(11)6-4-19/h1-2,7-8,11H,3-6,9-10H2,(H,16,21)(H,17,18). The summed E-state index contributed by atoms with van der Waals surface area (Å²) in [5.41, 5.74) is 1.35. The Kier molecular flexibility index (Phi) is 3.69. The Morgan fingerprint density at radius 3 is 2.95 bits per heavy atom. The molecule has 2 aromatic heterocycles. The normalized spacial score (nSPS) is 27.0. The summed E-state index contributed by atoms with van der Waals surface area (Å²) in [6.45, 7) is 6.30. The Labute approximate surface area is 133 Å². The lowest BCUT2D eigenvalue weighted by Crippen LogP contribution is -2.63. The zero-order valence-corrected chi connectivity index (χ0v) is 13.1. The van der Waals surface area contributed by atoms with E-state index < -0.39 is 0 Å². The number of nitrogens with one attached hydrogen (secondary N) is 2. The third kappa shape index (κ3) is 2.67. The van der Waals surface area contributed by atoms with Gasteiger partial charge < -0.3 is 5.32 Å². The number of carbonyl (C=O) groups is 1. The first kappa shape index (κ1) is 13.9. The summed E-state index contributed by atoms with van der Waals surface area (Å²) >= 11 is 1.63. The van der Waals surface area contributed by atoms with Gasteiger partial charge in [-0.05, 0) is 17.5 Å². The Morgan fingerprint density at radius 1 is 1.41 bits per heavy atom. The minimum atomic E-state index is -0.100. The Hall–Kier alpha value is -1.70. The fraction of sp³-hybridized carbons (Fsp3) is 0.467. The summed E-state index contributed by atoms with van der Waals surface area (Å²) in [4.78, 5) is 18.3. The molecule has 1 amide bonds. The highest BCUT2D eigenvalue weighted by Gasteiger charge is 2.31. The van der Waals surface area contributed by atoms with Crippen molar-refractivity contribution < 1.29 is 4.79 Å². The molecular weight excluding hydrogens is 298 g/mol. The van der Waals surface area contributed by atoms with Crippen LogP contribution < -0.4 is 5.32 Å². The molecule has 3 fully saturated rings. The topological polar surface area (TPSA) is 64.3 Å². The van der Waals surface area contributed by atoms with Crippen molar-refractivity contribution in [2.24, 2.45) is 0 Å². The zero-order valence-electron chi connectivity index (χ0n) is 12.3. The second kappa shape index (κ2) is 5.83. The van der Waals surface area contributed by atoms with Crippen molar-refractivity contribution in [3.8, 4) is 10.6 Å². The van der Waals surface area contributed by atoms with Gasteiger partial charge in [0.1, 0.15) is 0 Å². The lowest BCUT2D eigenvalue weighted by atomic mass is 10.1. The van der Waals surface area contributed by atoms with Crippen molar-refractivity contribution in [2.45, 2.75) is 6.04 Å². The summed E-state index contributed by atoms with van der Waals surface area (Å²) in [6, 6.07) is 6.25. The van der Waals surface area contributed by atoms with Crippen molar-refractivity contribution in [3.63, 3.8) is 0 Å². The molecule has 116 valence electrons. The number of aromatic amines is 1. The molecule has 5 heterocycles. The van der Waals surface area contributed by atoms with Crippen LogP contribution in [0.3, 0.4) is 0 Å². The van der Waals surface area contributed by atoms with Gasteiger partial charge in [-0.2, -0.15) is 5.10 Å². The van der Waals surface area contributed by atoms with Crippen LogP contribution in [0.4, 0.5) is 0 Å². The van der Waals surface area contributed by atoms with Gasteiger partial charge in [-0.3, -0.25) is 19.7 Å². The molecule has 7 heteroatoms. The number of hydrogen-bond donors (Lipinski definition) is 2. The molecule has 0 radical (unpaired) electrons. The van der Waals surface area contributed by atoms with Gasteiger partial charge in [-0.25, -0.2) is 0 Å². The van der Waals surface area contributed by atoms with Crippen molar-refractivity contribution in [2.75, 3.05) is 39.3 Å². The first-order valence-corrected chi connectivity index (χ1v) is 8.51. The monoisotopic (exact) mass is 317 g/mol. The number of amides is 1. The SMILES string of the molecule is O=C(NCC1CN2CCN1CC2)c1cc(-c2cccs2)[nH]n1. The van der Waals surface area contributed by atoms with Gasteiger partial charge in [0.05, 0.1) is 10.6 Å². The maximum atomic E-state index is 12.3. The highest BCUT2D eigenvalue weighted by molar-refractivity contribution is 7.13. The van der Waals surface area contributed by atoms with E-state index in [1.54, 1.807) is 11.3 Å². The fourth-order valence-electron chi connectivity index (χ4n) is 3.22. The second-order valence-electron chi connectivity index (χ2n) is 5.84. The molecule has 2 aromatic rings. The molecule has 2 bridgehead atoms. The van der Waals surface area contributed by atoms with Crippen LogP contribution in [-0.4, -0.2) is 71.2 Å². The van der Waals surface area contributed by atoms with E-state index >= 15 is 0 Å². The smallest absolute Gasteiger partial charge is 0.271 e. The molecule has 5 rings (SSSR count). The van der Waals surface area contributed by atoms with Crippen LogP contribution in [0.2, 0.25) is 0 Å². The van der Waals surface area contributed by atoms with E-state index in [9.17, 15) is 4.79 Å². The van der Waals surface area contributed by atoms with Crippen LogP contribution in [-0.2, 0) is 0 Å². The Bertz CT molecular complexity index is 645. The van der Waals surface area contributed by atoms with Gasteiger partial charge in [0.15, 0.2) is 5.69 Å². The van der Waals surface area contributed by atoms with Gasteiger partial charge in [0.2, 0.25) is 0 Å². The van der Waals surface area contributed by atoms with Crippen molar-refractivity contribution in [1.82, 2.24) is 25.3 Å². The van der Waals surface area contributed by atoms with Crippen LogP contribution >= 0.6 is 11.3 Å². The van der Waals surface area contributed by atoms with Gasteiger partial charge in [0, 0.05) is 45.3 Å². The Morgan fingerprint density at radius 2 is 2.27 bits per heavy atom. The molecular formula is C15H19N5OS. The third-order valence-corrected chi connectivity index (χ3v) is 5.39. The number of carbonyl (C=O) groups excluding carboxylic acids is 1. The fourth-order valence-corrected chi connectivity index (χ4v) is 3.91. The number of nitrogens with zero attached hydrogens (tertiary/aromatic N) is 3. The van der Waals surface area contributed by atoms with Crippen LogP contribution in [0.25, 0.3) is 10.6 Å². The molecule has 1 unspecified atom stereocenters. The molecule has 0 saturated carbocycles. The van der Waals surface area contributed by atoms with E-state index in [1.807, 2.05) is 23.6 Å². The predicted octanol–water partition coefficient (Wildman–Crippen LogP) is 0.868. The first-order valence-electron chi connectivity index (χ1n) is 7.63. The summed E-state index contributed by atoms with van der Waals surface area (Å²) in [5, 5.41) is 12.1. The number of piperazine rings is 3.